The molecule has 1 aliphatic rings. The fraction of sp³-hybridized carbons (Fsp3) is 0.444. The predicted molar refractivity (Wildman–Crippen MR) is 132 cm³/mol. The number of carbonyl (C=O) groups is 1. The van der Waals surface area contributed by atoms with Crippen LogP contribution in [0, 0.1) is 6.92 Å². The molecule has 0 amide bonds. The molecule has 0 unspecified atom stereocenters. The van der Waals surface area contributed by atoms with Crippen LogP contribution in [0.2, 0.25) is 0 Å². The van der Waals surface area contributed by atoms with Crippen molar-refractivity contribution in [3.63, 3.8) is 0 Å². The summed E-state index contributed by atoms with van der Waals surface area (Å²) < 4.78 is 33.4. The fourth-order valence-corrected chi connectivity index (χ4v) is 5.47. The summed E-state index contributed by atoms with van der Waals surface area (Å²) in [6.45, 7) is 10.4. The van der Waals surface area contributed by atoms with Crippen molar-refractivity contribution in [3.05, 3.63) is 70.3 Å². The van der Waals surface area contributed by atoms with Crippen molar-refractivity contribution in [2.75, 3.05) is 6.54 Å². The van der Waals surface area contributed by atoms with Gasteiger partial charge in [-0.25, -0.2) is 13.2 Å². The molecule has 0 aliphatic carbocycles. The Balaban J connectivity index is 1.92. The molecule has 1 aliphatic heterocycles. The summed E-state index contributed by atoms with van der Waals surface area (Å²) in [5.41, 5.74) is 4.80. The summed E-state index contributed by atoms with van der Waals surface area (Å²) in [7, 11) is -3.56. The van der Waals surface area contributed by atoms with Gasteiger partial charge in [-0.15, -0.1) is 0 Å². The van der Waals surface area contributed by atoms with E-state index in [0.29, 0.717) is 24.4 Å². The molecule has 178 valence electrons. The van der Waals surface area contributed by atoms with Crippen molar-refractivity contribution < 1.29 is 17.9 Å². The molecule has 1 heterocycles. The number of hydrogen-bond donors (Lipinski definition) is 0. The molecule has 5 nitrogen and oxygen atoms in total. The summed E-state index contributed by atoms with van der Waals surface area (Å²) in [6.07, 6.45) is 7.00. The lowest BCUT2D eigenvalue weighted by Gasteiger charge is -2.30. The number of carbonyl (C=O) groups excluding carboxylic acids is 1. The summed E-state index contributed by atoms with van der Waals surface area (Å²) in [6, 6.07) is 11.1. The summed E-state index contributed by atoms with van der Waals surface area (Å²) in [5.74, 6) is -0.374. The minimum Gasteiger partial charge on any atom is -0.457 e. The molecule has 0 atom stereocenters. The maximum atomic E-state index is 13.2. The van der Waals surface area contributed by atoms with Gasteiger partial charge in [-0.1, -0.05) is 43.2 Å². The van der Waals surface area contributed by atoms with Gasteiger partial charge in [-0.05, 0) is 87.4 Å². The lowest BCUT2D eigenvalue weighted by molar-refractivity contribution is -0.148. The first-order chi connectivity index (χ1) is 15.5. The molecule has 0 bridgehead atoms. The molecule has 0 radical (unpaired) electrons. The van der Waals surface area contributed by atoms with Gasteiger partial charge in [0.15, 0.2) is 0 Å². The standard InChI is InChI=1S/C27H35NO4S/c1-6-7-8-21-11-12-22-19-28(33(30,31)23-13-9-20(2)10-14-23)18-17-25(22)24(21)15-16-26(29)32-27(3,4)5/h9-16H,6-8,17-19H2,1-5H3/b16-15+. The van der Waals surface area contributed by atoms with Crippen molar-refractivity contribution >= 4 is 22.1 Å². The molecule has 2 aromatic carbocycles. The Hall–Kier alpha value is -2.44. The van der Waals surface area contributed by atoms with Crippen LogP contribution in [0.5, 0.6) is 0 Å². The number of ether oxygens (including phenoxy) is 1. The van der Waals surface area contributed by atoms with E-state index in [1.807, 2.05) is 52.0 Å². The fourth-order valence-electron chi connectivity index (χ4n) is 4.05. The van der Waals surface area contributed by atoms with Crippen LogP contribution in [-0.4, -0.2) is 30.8 Å². The average Bonchev–Trinajstić information content (AvgIpc) is 2.75. The van der Waals surface area contributed by atoms with E-state index in [0.717, 1.165) is 41.5 Å². The monoisotopic (exact) mass is 469 g/mol. The summed E-state index contributed by atoms with van der Waals surface area (Å²) >= 11 is 0. The van der Waals surface area contributed by atoms with E-state index in [9.17, 15) is 13.2 Å². The van der Waals surface area contributed by atoms with E-state index >= 15 is 0 Å². The van der Waals surface area contributed by atoms with Crippen LogP contribution >= 0.6 is 0 Å². The first-order valence-electron chi connectivity index (χ1n) is 11.6. The molecule has 3 rings (SSSR count). The number of rotatable bonds is 7. The van der Waals surface area contributed by atoms with E-state index in [4.69, 9.17) is 4.74 Å². The van der Waals surface area contributed by atoms with Gasteiger partial charge in [0.2, 0.25) is 10.0 Å². The van der Waals surface area contributed by atoms with Gasteiger partial charge in [-0.2, -0.15) is 4.31 Å². The first kappa shape index (κ1) is 25.2. The molecule has 6 heteroatoms. The van der Waals surface area contributed by atoms with Crippen LogP contribution < -0.4 is 0 Å². The largest absolute Gasteiger partial charge is 0.457 e. The SMILES string of the molecule is CCCCc1ccc2c(c1/C=C/C(=O)OC(C)(C)C)CCN(S(=O)(=O)c1ccc(C)cc1)C2. The number of fused-ring (bicyclic) bond motifs is 1. The number of sulfonamides is 1. The summed E-state index contributed by atoms with van der Waals surface area (Å²) in [4.78, 5) is 12.6. The third-order valence-corrected chi connectivity index (χ3v) is 7.61. The Bertz CT molecular complexity index is 1130. The van der Waals surface area contributed by atoms with Crippen molar-refractivity contribution in [2.24, 2.45) is 0 Å². The second-order valence-corrected chi connectivity index (χ2v) is 11.6. The molecule has 0 fully saturated rings. The van der Waals surface area contributed by atoms with Crippen molar-refractivity contribution in [2.45, 2.75) is 77.3 Å². The molecular weight excluding hydrogens is 434 g/mol. The smallest absolute Gasteiger partial charge is 0.331 e. The highest BCUT2D eigenvalue weighted by atomic mass is 32.2. The average molecular weight is 470 g/mol. The third kappa shape index (κ3) is 6.33. The third-order valence-electron chi connectivity index (χ3n) is 5.75. The van der Waals surface area contributed by atoms with Crippen molar-refractivity contribution in [1.82, 2.24) is 4.31 Å². The Kier molecular flexibility index (Phi) is 7.80. The zero-order valence-electron chi connectivity index (χ0n) is 20.3. The maximum Gasteiger partial charge on any atom is 0.331 e. The molecule has 0 saturated carbocycles. The Labute approximate surface area is 198 Å². The predicted octanol–water partition coefficient (Wildman–Crippen LogP) is 5.44. The van der Waals surface area contributed by atoms with Gasteiger partial charge in [0, 0.05) is 19.2 Å². The highest BCUT2D eigenvalue weighted by Gasteiger charge is 2.29. The highest BCUT2D eigenvalue weighted by Crippen LogP contribution is 2.30. The van der Waals surface area contributed by atoms with Crippen LogP contribution in [-0.2, 0) is 38.9 Å². The number of unbranched alkanes of at least 4 members (excludes halogenated alkanes) is 1. The van der Waals surface area contributed by atoms with Gasteiger partial charge in [-0.3, -0.25) is 0 Å². The zero-order chi connectivity index (χ0) is 24.2. The number of aryl methyl sites for hydroxylation is 2. The molecule has 0 N–H and O–H groups in total. The minimum atomic E-state index is -3.56. The van der Waals surface area contributed by atoms with Gasteiger partial charge in [0.1, 0.15) is 5.60 Å². The number of benzene rings is 2. The van der Waals surface area contributed by atoms with E-state index < -0.39 is 15.6 Å². The van der Waals surface area contributed by atoms with Crippen LogP contribution in [0.1, 0.15) is 68.4 Å². The van der Waals surface area contributed by atoms with Crippen LogP contribution in [0.3, 0.4) is 0 Å². The first-order valence-corrected chi connectivity index (χ1v) is 13.1. The Morgan fingerprint density at radius 1 is 1.12 bits per heavy atom. The zero-order valence-corrected chi connectivity index (χ0v) is 21.2. The van der Waals surface area contributed by atoms with Crippen LogP contribution in [0.4, 0.5) is 0 Å². The Morgan fingerprint density at radius 2 is 1.82 bits per heavy atom. The van der Waals surface area contributed by atoms with Gasteiger partial charge in [0.05, 0.1) is 4.90 Å². The van der Waals surface area contributed by atoms with Crippen molar-refractivity contribution in [1.29, 1.82) is 0 Å². The molecule has 0 spiro atoms. The highest BCUT2D eigenvalue weighted by molar-refractivity contribution is 7.89. The molecule has 2 aromatic rings. The number of hydrogen-bond acceptors (Lipinski definition) is 4. The number of nitrogens with zero attached hydrogens (tertiary/aromatic N) is 1. The lowest BCUT2D eigenvalue weighted by Crippen LogP contribution is -2.36. The van der Waals surface area contributed by atoms with Crippen LogP contribution in [0.15, 0.2) is 47.4 Å². The maximum absolute atomic E-state index is 13.2. The van der Waals surface area contributed by atoms with Crippen LogP contribution in [0.25, 0.3) is 6.08 Å². The Morgan fingerprint density at radius 3 is 2.45 bits per heavy atom. The second kappa shape index (κ2) is 10.2. The molecule has 0 aromatic heterocycles. The van der Waals surface area contributed by atoms with E-state index in [2.05, 4.69) is 13.0 Å². The summed E-state index contributed by atoms with van der Waals surface area (Å²) in [5, 5.41) is 0. The van der Waals surface area contributed by atoms with Gasteiger partial charge >= 0.3 is 5.97 Å². The van der Waals surface area contributed by atoms with Crippen molar-refractivity contribution in [3.8, 4) is 0 Å². The lowest BCUT2D eigenvalue weighted by atomic mass is 9.89. The number of esters is 1. The van der Waals surface area contributed by atoms with Gasteiger partial charge < -0.3 is 4.74 Å². The molecule has 33 heavy (non-hydrogen) atoms. The normalized spacial score (nSPS) is 14.9. The topological polar surface area (TPSA) is 63.7 Å². The second-order valence-electron chi connectivity index (χ2n) is 9.65. The van der Waals surface area contributed by atoms with Gasteiger partial charge in [0.25, 0.3) is 0 Å². The molecular formula is C27H35NO4S. The quantitative estimate of drug-likeness (QED) is 0.400. The van der Waals surface area contributed by atoms with E-state index in [1.165, 1.54) is 11.6 Å². The van der Waals surface area contributed by atoms with E-state index in [1.54, 1.807) is 16.4 Å². The van der Waals surface area contributed by atoms with E-state index in [-0.39, 0.29) is 5.97 Å². The minimum absolute atomic E-state index is 0.321. The molecule has 0 saturated heterocycles.